The van der Waals surface area contributed by atoms with Gasteiger partial charge in [-0.15, -0.1) is 0 Å². The Hall–Kier alpha value is -0.750. The zero-order valence-electron chi connectivity index (χ0n) is 6.03. The first kappa shape index (κ1) is 10.2. The predicted molar refractivity (Wildman–Crippen MR) is 46.8 cm³/mol. The van der Waals surface area contributed by atoms with Gasteiger partial charge < -0.3 is 5.73 Å². The van der Waals surface area contributed by atoms with Crippen molar-refractivity contribution in [3.05, 3.63) is 9.46 Å². The van der Waals surface area contributed by atoms with E-state index in [0.29, 0.717) is 6.42 Å². The van der Waals surface area contributed by atoms with Gasteiger partial charge in [-0.2, -0.15) is 5.10 Å². The minimum atomic E-state index is -0.245. The van der Waals surface area contributed by atoms with Crippen molar-refractivity contribution in [1.29, 1.82) is 0 Å². The van der Waals surface area contributed by atoms with E-state index >= 15 is 0 Å². The fourth-order valence-electron chi connectivity index (χ4n) is 0.180. The van der Waals surface area contributed by atoms with Gasteiger partial charge in [0.1, 0.15) is 5.51 Å². The summed E-state index contributed by atoms with van der Waals surface area (Å²) >= 11 is 6.07. The molecular weight excluding hydrogens is 182 g/mol. The summed E-state index contributed by atoms with van der Waals surface area (Å²) < 4.78 is 0.731. The van der Waals surface area contributed by atoms with Crippen LogP contribution in [0.5, 0.6) is 0 Å². The van der Waals surface area contributed by atoms with E-state index in [1.54, 1.807) is 12.4 Å². The summed E-state index contributed by atoms with van der Waals surface area (Å²) in [7, 11) is 0. The minimum Gasteiger partial charge on any atom is -0.370 e. The Morgan fingerprint density at radius 1 is 2.00 bits per heavy atom. The van der Waals surface area contributed by atoms with E-state index in [0.717, 1.165) is 3.95 Å². The summed E-state index contributed by atoms with van der Waals surface area (Å²) in [6.45, 7) is 1.72. The summed E-state index contributed by atoms with van der Waals surface area (Å²) in [6.07, 6.45) is 0.444. The molecule has 1 amide bonds. The van der Waals surface area contributed by atoms with Crippen LogP contribution in [0.25, 0.3) is 0 Å². The molecule has 1 aromatic rings. The molecule has 0 spiro atoms. The smallest absolute Gasteiger partial charge is 0.217 e. The Morgan fingerprint density at radius 2 is 2.55 bits per heavy atom. The molecule has 6 heteroatoms. The van der Waals surface area contributed by atoms with E-state index in [4.69, 9.17) is 0 Å². The number of carbonyl (C=O) groups is 1. The third-order valence-electron chi connectivity index (χ3n) is 0.717. The second-order valence-corrected chi connectivity index (χ2v) is 3.09. The van der Waals surface area contributed by atoms with Gasteiger partial charge in [0.05, 0.1) is 0 Å². The Morgan fingerprint density at radius 3 is 2.64 bits per heavy atom. The number of nitrogens with one attached hydrogen (secondary N) is 1. The summed E-state index contributed by atoms with van der Waals surface area (Å²) in [5, 5.41) is 6.19. The highest BCUT2D eigenvalue weighted by molar-refractivity contribution is 7.73. The number of aromatic nitrogens is 2. The summed E-state index contributed by atoms with van der Waals surface area (Å²) in [5.41, 5.74) is 6.32. The number of hydrogen-bond acceptors (Lipinski definition) is 4. The van der Waals surface area contributed by atoms with E-state index in [2.05, 4.69) is 28.1 Å². The number of carbonyl (C=O) groups excluding carboxylic acids is 1. The van der Waals surface area contributed by atoms with Crippen LogP contribution in [0.15, 0.2) is 5.51 Å². The molecule has 0 radical (unpaired) electrons. The highest BCUT2D eigenvalue weighted by Gasteiger charge is 1.77. The molecule has 0 fully saturated rings. The molecule has 3 N–H and O–H groups in total. The SMILES string of the molecule is CCC(N)=O.S=c1[nH]ncs1. The Labute approximate surface area is 73.4 Å². The van der Waals surface area contributed by atoms with Crippen LogP contribution >= 0.6 is 23.6 Å². The van der Waals surface area contributed by atoms with E-state index in [1.807, 2.05) is 0 Å². The van der Waals surface area contributed by atoms with Crippen molar-refractivity contribution in [2.45, 2.75) is 13.3 Å². The molecule has 1 heterocycles. The summed E-state index contributed by atoms with van der Waals surface area (Å²) in [5.74, 6) is -0.245. The number of rotatable bonds is 1. The topological polar surface area (TPSA) is 71.8 Å². The van der Waals surface area contributed by atoms with Crippen LogP contribution < -0.4 is 5.73 Å². The molecular formula is C5H9N3OS2. The quantitative estimate of drug-likeness (QED) is 0.652. The van der Waals surface area contributed by atoms with Crippen LogP contribution in [0.4, 0.5) is 0 Å². The Kier molecular flexibility index (Phi) is 5.58. The lowest BCUT2D eigenvalue weighted by Gasteiger charge is -1.73. The molecule has 1 aromatic heterocycles. The second kappa shape index (κ2) is 5.99. The fourth-order valence-corrected chi connectivity index (χ4v) is 0.668. The van der Waals surface area contributed by atoms with Crippen molar-refractivity contribution in [2.24, 2.45) is 5.73 Å². The maximum atomic E-state index is 9.59. The van der Waals surface area contributed by atoms with Gasteiger partial charge in [-0.1, -0.05) is 18.3 Å². The van der Waals surface area contributed by atoms with Gasteiger partial charge in [-0.3, -0.25) is 9.89 Å². The number of nitrogens with zero attached hydrogens (tertiary/aromatic N) is 1. The molecule has 0 aromatic carbocycles. The van der Waals surface area contributed by atoms with Crippen molar-refractivity contribution in [2.75, 3.05) is 0 Å². The average Bonchev–Trinajstić information content (AvgIpc) is 2.41. The van der Waals surface area contributed by atoms with Crippen LogP contribution in [0.3, 0.4) is 0 Å². The van der Waals surface area contributed by atoms with Crippen LogP contribution in [0.2, 0.25) is 0 Å². The molecule has 0 saturated heterocycles. The third kappa shape index (κ3) is 7.14. The van der Waals surface area contributed by atoms with E-state index in [-0.39, 0.29) is 5.91 Å². The van der Waals surface area contributed by atoms with Gasteiger partial charge >= 0.3 is 0 Å². The molecule has 4 nitrogen and oxygen atoms in total. The predicted octanol–water partition coefficient (Wildman–Crippen LogP) is 1.08. The van der Waals surface area contributed by atoms with Gasteiger partial charge in [0.2, 0.25) is 5.91 Å². The van der Waals surface area contributed by atoms with Crippen LogP contribution in [-0.2, 0) is 4.79 Å². The molecule has 1 rings (SSSR count). The van der Waals surface area contributed by atoms with Crippen molar-refractivity contribution in [1.82, 2.24) is 10.2 Å². The zero-order chi connectivity index (χ0) is 8.69. The summed E-state index contributed by atoms with van der Waals surface area (Å²) in [4.78, 5) is 9.59. The lowest BCUT2D eigenvalue weighted by atomic mass is 10.5. The lowest BCUT2D eigenvalue weighted by Crippen LogP contribution is -2.06. The maximum Gasteiger partial charge on any atom is 0.217 e. The van der Waals surface area contributed by atoms with E-state index in [9.17, 15) is 4.79 Å². The van der Waals surface area contributed by atoms with Gasteiger partial charge in [-0.25, -0.2) is 0 Å². The first-order valence-corrected chi connectivity index (χ1v) is 4.22. The highest BCUT2D eigenvalue weighted by Crippen LogP contribution is 1.88. The van der Waals surface area contributed by atoms with Gasteiger partial charge in [-0.05, 0) is 12.2 Å². The van der Waals surface area contributed by atoms with Crippen molar-refractivity contribution >= 4 is 29.5 Å². The molecule has 0 aliphatic heterocycles. The van der Waals surface area contributed by atoms with Gasteiger partial charge in [0, 0.05) is 6.42 Å². The highest BCUT2D eigenvalue weighted by atomic mass is 32.1. The number of nitrogens with two attached hydrogens (primary N) is 1. The molecule has 11 heavy (non-hydrogen) atoms. The van der Waals surface area contributed by atoms with Crippen molar-refractivity contribution in [3.8, 4) is 0 Å². The van der Waals surface area contributed by atoms with Gasteiger partial charge in [0.15, 0.2) is 3.95 Å². The second-order valence-electron chi connectivity index (χ2n) is 1.57. The lowest BCUT2D eigenvalue weighted by molar-refractivity contribution is -0.117. The molecule has 0 aliphatic carbocycles. The normalized spacial score (nSPS) is 8.09. The van der Waals surface area contributed by atoms with Crippen molar-refractivity contribution in [3.63, 3.8) is 0 Å². The van der Waals surface area contributed by atoms with E-state index < -0.39 is 0 Å². The standard InChI is InChI=1S/C3H7NO.C2H2N2S2/c1-2-3(4)5;5-2-4-3-1-6-2/h2H2,1H3,(H2,4,5);1H,(H,4,5). The first-order chi connectivity index (χ1) is 5.16. The fraction of sp³-hybridized carbons (Fsp3) is 0.400. The maximum absolute atomic E-state index is 9.59. The third-order valence-corrected chi connectivity index (χ3v) is 1.61. The van der Waals surface area contributed by atoms with Crippen molar-refractivity contribution < 1.29 is 4.79 Å². The number of hydrogen-bond donors (Lipinski definition) is 2. The average molecular weight is 191 g/mol. The number of H-pyrrole nitrogens is 1. The first-order valence-electron chi connectivity index (χ1n) is 2.93. The molecule has 62 valence electrons. The Bertz CT molecular complexity index is 237. The molecule has 0 atom stereocenters. The van der Waals surface area contributed by atoms with Crippen LogP contribution in [-0.4, -0.2) is 16.1 Å². The Balaban J connectivity index is 0.000000187. The van der Waals surface area contributed by atoms with Crippen LogP contribution in [0, 0.1) is 3.95 Å². The molecule has 0 saturated carbocycles. The monoisotopic (exact) mass is 191 g/mol. The zero-order valence-corrected chi connectivity index (χ0v) is 7.67. The number of amides is 1. The number of primary amides is 1. The minimum absolute atomic E-state index is 0.245. The number of aromatic amines is 1. The van der Waals surface area contributed by atoms with Gasteiger partial charge in [0.25, 0.3) is 0 Å². The summed E-state index contributed by atoms with van der Waals surface area (Å²) in [6, 6.07) is 0. The molecule has 0 aliphatic rings. The van der Waals surface area contributed by atoms with E-state index in [1.165, 1.54) is 11.3 Å². The molecule has 0 unspecified atom stereocenters. The molecule has 0 bridgehead atoms. The van der Waals surface area contributed by atoms with Crippen LogP contribution in [0.1, 0.15) is 13.3 Å². The largest absolute Gasteiger partial charge is 0.370 e.